The van der Waals surface area contributed by atoms with Gasteiger partial charge < -0.3 is 14.6 Å². The van der Waals surface area contributed by atoms with Crippen molar-refractivity contribution in [2.45, 2.75) is 84.3 Å². The highest BCUT2D eigenvalue weighted by Crippen LogP contribution is 2.42. The molecule has 1 aliphatic heterocycles. The minimum Gasteiger partial charge on any atom is -0.478 e. The lowest BCUT2D eigenvalue weighted by molar-refractivity contribution is 0.0616. The van der Waals surface area contributed by atoms with E-state index in [1.54, 1.807) is 0 Å². The van der Waals surface area contributed by atoms with Gasteiger partial charge in [-0.05, 0) is 61.1 Å². The Morgan fingerprint density at radius 3 is 2.82 bits per heavy atom. The summed E-state index contributed by atoms with van der Waals surface area (Å²) in [6.45, 7) is 7.09. The summed E-state index contributed by atoms with van der Waals surface area (Å²) in [6.07, 6.45) is 8.28. The summed E-state index contributed by atoms with van der Waals surface area (Å²) in [7, 11) is 0. The summed E-state index contributed by atoms with van der Waals surface area (Å²) in [6, 6.07) is 8.22. The third-order valence-corrected chi connectivity index (χ3v) is 5.98. The molecule has 0 saturated carbocycles. The molecule has 4 heteroatoms. The number of benzene rings is 1. The lowest BCUT2D eigenvalue weighted by atomic mass is 9.74. The second-order valence-electron chi connectivity index (χ2n) is 7.77. The Kier molecular flexibility index (Phi) is 9.81. The largest absolute Gasteiger partial charge is 0.478 e. The lowest BCUT2D eigenvalue weighted by Gasteiger charge is -2.30. The molecule has 1 aromatic carbocycles. The Bertz CT molecular complexity index is 625. The van der Waals surface area contributed by atoms with Gasteiger partial charge in [-0.1, -0.05) is 52.2 Å². The molecular weight excluding hydrogens is 350 g/mol. The van der Waals surface area contributed by atoms with Crippen LogP contribution in [0.15, 0.2) is 18.2 Å². The van der Waals surface area contributed by atoms with Crippen molar-refractivity contribution in [3.05, 3.63) is 29.3 Å². The van der Waals surface area contributed by atoms with Gasteiger partial charge in [0, 0.05) is 0 Å². The first-order valence-corrected chi connectivity index (χ1v) is 11.1. The molecule has 0 bridgehead atoms. The van der Waals surface area contributed by atoms with E-state index in [1.165, 1.54) is 24.0 Å². The third kappa shape index (κ3) is 5.96. The van der Waals surface area contributed by atoms with E-state index in [1.807, 2.05) is 26.0 Å². The van der Waals surface area contributed by atoms with Crippen molar-refractivity contribution in [1.82, 2.24) is 0 Å². The van der Waals surface area contributed by atoms with Crippen molar-refractivity contribution in [3.8, 4) is 11.8 Å². The molecule has 4 nitrogen and oxygen atoms in total. The molecule has 1 aliphatic carbocycles. The van der Waals surface area contributed by atoms with Gasteiger partial charge in [0.2, 0.25) is 0 Å². The Labute approximate surface area is 170 Å². The van der Waals surface area contributed by atoms with Gasteiger partial charge in [0.15, 0.2) is 6.61 Å². The molecule has 4 atom stereocenters. The predicted octanol–water partition coefficient (Wildman–Crippen LogP) is 5.07. The van der Waals surface area contributed by atoms with Crippen LogP contribution in [0.5, 0.6) is 5.75 Å². The fourth-order valence-corrected chi connectivity index (χ4v) is 4.53. The summed E-state index contributed by atoms with van der Waals surface area (Å²) in [5.74, 6) is 1.92. The minimum atomic E-state index is -0.189. The number of aliphatic hydroxyl groups excluding tert-OH is 1. The van der Waals surface area contributed by atoms with Crippen molar-refractivity contribution in [3.63, 3.8) is 0 Å². The normalized spacial score (nSPS) is 23.6. The lowest BCUT2D eigenvalue weighted by Crippen LogP contribution is -2.29. The number of nitriles is 1. The van der Waals surface area contributed by atoms with Gasteiger partial charge in [-0.25, -0.2) is 0 Å². The fraction of sp³-hybridized carbons (Fsp3) is 0.708. The molecule has 1 aromatic rings. The van der Waals surface area contributed by atoms with E-state index in [-0.39, 0.29) is 18.8 Å². The van der Waals surface area contributed by atoms with Crippen molar-refractivity contribution in [2.75, 3.05) is 13.2 Å². The average molecular weight is 388 g/mol. The van der Waals surface area contributed by atoms with Crippen LogP contribution in [0.4, 0.5) is 0 Å². The standard InChI is InChI=1S/C22H31NO3.C2H6/c1-2-3-4-7-18(24)9-10-22-20-13-16-6-5-8-21(25-12-11-23)19(16)14-17(20)15-26-22;1-2/h5-6,8,17-18,20,22,24H,2-4,7,9-10,12-15H2,1H3;1-2H3/t17-,18-,20-,22+;/m0./s1. The van der Waals surface area contributed by atoms with Gasteiger partial charge >= 0.3 is 0 Å². The van der Waals surface area contributed by atoms with Crippen molar-refractivity contribution in [2.24, 2.45) is 11.8 Å². The van der Waals surface area contributed by atoms with Crippen LogP contribution in [0, 0.1) is 23.2 Å². The molecule has 0 spiro atoms. The number of nitrogens with zero attached hydrogens (tertiary/aromatic N) is 1. The molecule has 0 amide bonds. The van der Waals surface area contributed by atoms with Crippen LogP contribution in [0.1, 0.15) is 70.4 Å². The molecule has 1 fully saturated rings. The summed E-state index contributed by atoms with van der Waals surface area (Å²) in [5, 5.41) is 19.0. The second kappa shape index (κ2) is 12.1. The number of unbranched alkanes of at least 4 members (excludes halogenated alkanes) is 2. The smallest absolute Gasteiger partial charge is 0.174 e. The molecule has 28 heavy (non-hydrogen) atoms. The highest BCUT2D eigenvalue weighted by Gasteiger charge is 2.40. The summed E-state index contributed by atoms with van der Waals surface area (Å²) < 4.78 is 11.7. The van der Waals surface area contributed by atoms with Crippen LogP contribution in [-0.4, -0.2) is 30.5 Å². The second-order valence-corrected chi connectivity index (χ2v) is 7.77. The Hall–Kier alpha value is -1.57. The van der Waals surface area contributed by atoms with Gasteiger partial charge in [0.05, 0.1) is 18.8 Å². The van der Waals surface area contributed by atoms with E-state index in [2.05, 4.69) is 19.1 Å². The highest BCUT2D eigenvalue weighted by atomic mass is 16.5. The van der Waals surface area contributed by atoms with E-state index in [0.29, 0.717) is 11.8 Å². The zero-order valence-electron chi connectivity index (χ0n) is 17.8. The average Bonchev–Trinajstić information content (AvgIpc) is 3.12. The van der Waals surface area contributed by atoms with Gasteiger partial charge in [-0.3, -0.25) is 0 Å². The molecular formula is C24H37NO3. The van der Waals surface area contributed by atoms with Crippen LogP contribution in [-0.2, 0) is 17.6 Å². The first kappa shape index (κ1) is 22.7. The maximum absolute atomic E-state index is 10.2. The summed E-state index contributed by atoms with van der Waals surface area (Å²) >= 11 is 0. The molecule has 1 N–H and O–H groups in total. The van der Waals surface area contributed by atoms with Crippen molar-refractivity contribution < 1.29 is 14.6 Å². The van der Waals surface area contributed by atoms with Gasteiger partial charge in [0.1, 0.15) is 11.8 Å². The van der Waals surface area contributed by atoms with E-state index in [4.69, 9.17) is 14.7 Å². The van der Waals surface area contributed by atoms with Gasteiger partial charge in [-0.2, -0.15) is 5.26 Å². The van der Waals surface area contributed by atoms with Gasteiger partial charge in [-0.15, -0.1) is 0 Å². The zero-order chi connectivity index (χ0) is 20.4. The summed E-state index contributed by atoms with van der Waals surface area (Å²) in [5.41, 5.74) is 2.59. The predicted molar refractivity (Wildman–Crippen MR) is 112 cm³/mol. The number of rotatable bonds is 9. The first-order valence-electron chi connectivity index (χ1n) is 11.1. The van der Waals surface area contributed by atoms with Crippen LogP contribution in [0.3, 0.4) is 0 Å². The van der Waals surface area contributed by atoms with Gasteiger partial charge in [0.25, 0.3) is 0 Å². The number of hydrogen-bond donors (Lipinski definition) is 1. The van der Waals surface area contributed by atoms with Crippen molar-refractivity contribution >= 4 is 0 Å². The van der Waals surface area contributed by atoms with Crippen molar-refractivity contribution in [1.29, 1.82) is 5.26 Å². The molecule has 0 aromatic heterocycles. The summed E-state index contributed by atoms with van der Waals surface area (Å²) in [4.78, 5) is 0. The number of aliphatic hydroxyl groups is 1. The topological polar surface area (TPSA) is 62.5 Å². The molecule has 2 aliphatic rings. The van der Waals surface area contributed by atoms with Crippen LogP contribution in [0.25, 0.3) is 0 Å². The fourth-order valence-electron chi connectivity index (χ4n) is 4.53. The Morgan fingerprint density at radius 2 is 2.07 bits per heavy atom. The van der Waals surface area contributed by atoms with E-state index < -0.39 is 0 Å². The SMILES string of the molecule is CC.CCCCC[C@H](O)CC[C@H]1OC[C@@H]2Cc3c(cccc3OCC#N)C[C@@H]21. The van der Waals surface area contributed by atoms with Crippen LogP contribution >= 0.6 is 0 Å². The Balaban J connectivity index is 0.00000136. The number of fused-ring (bicyclic) bond motifs is 2. The van der Waals surface area contributed by atoms with E-state index in [0.717, 1.165) is 50.9 Å². The molecule has 0 unspecified atom stereocenters. The maximum Gasteiger partial charge on any atom is 0.174 e. The third-order valence-electron chi connectivity index (χ3n) is 5.98. The quantitative estimate of drug-likeness (QED) is 0.601. The first-order chi connectivity index (χ1) is 13.7. The highest BCUT2D eigenvalue weighted by molar-refractivity contribution is 5.43. The minimum absolute atomic E-state index is 0.0968. The molecule has 1 saturated heterocycles. The Morgan fingerprint density at radius 1 is 1.25 bits per heavy atom. The monoisotopic (exact) mass is 387 g/mol. The molecule has 0 radical (unpaired) electrons. The zero-order valence-corrected chi connectivity index (χ0v) is 17.8. The number of ether oxygens (including phenoxy) is 2. The maximum atomic E-state index is 10.2. The van der Waals surface area contributed by atoms with Crippen LogP contribution < -0.4 is 4.74 Å². The van der Waals surface area contributed by atoms with E-state index in [9.17, 15) is 5.11 Å². The molecule has 1 heterocycles. The number of hydrogen-bond acceptors (Lipinski definition) is 4. The molecule has 3 rings (SSSR count). The molecule has 156 valence electrons. The van der Waals surface area contributed by atoms with Crippen LogP contribution in [0.2, 0.25) is 0 Å². The van der Waals surface area contributed by atoms with E-state index >= 15 is 0 Å².